The monoisotopic (exact) mass is 340 g/mol. The fraction of sp³-hybridized carbons (Fsp3) is 0.350. The van der Waals surface area contributed by atoms with Crippen LogP contribution in [-0.2, 0) is 11.3 Å². The van der Waals surface area contributed by atoms with Crippen molar-refractivity contribution in [2.75, 3.05) is 20.2 Å². The van der Waals surface area contributed by atoms with E-state index in [0.29, 0.717) is 24.0 Å². The van der Waals surface area contributed by atoms with Gasteiger partial charge in [-0.3, -0.25) is 4.79 Å². The zero-order valence-electron chi connectivity index (χ0n) is 14.6. The van der Waals surface area contributed by atoms with E-state index >= 15 is 0 Å². The molecule has 2 aromatic rings. The van der Waals surface area contributed by atoms with Crippen LogP contribution in [-0.4, -0.2) is 26.1 Å². The number of methoxy groups -OCH3 is 1. The highest BCUT2D eigenvalue weighted by Crippen LogP contribution is 2.30. The van der Waals surface area contributed by atoms with Gasteiger partial charge in [-0.25, -0.2) is 0 Å². The summed E-state index contributed by atoms with van der Waals surface area (Å²) in [6.45, 7) is 4.39. The Morgan fingerprint density at radius 2 is 1.84 bits per heavy atom. The maximum Gasteiger partial charge on any atom is 0.223 e. The number of hydrogen-bond acceptors (Lipinski definition) is 4. The highest BCUT2D eigenvalue weighted by Gasteiger charge is 2.28. The van der Waals surface area contributed by atoms with Gasteiger partial charge in [-0.05, 0) is 48.8 Å². The summed E-state index contributed by atoms with van der Waals surface area (Å²) >= 11 is 0. The second-order valence-electron chi connectivity index (χ2n) is 6.32. The summed E-state index contributed by atoms with van der Waals surface area (Å²) in [6.07, 6.45) is 0. The average Bonchev–Trinajstić information content (AvgIpc) is 2.60. The third kappa shape index (κ3) is 4.31. The first kappa shape index (κ1) is 17.3. The molecular weight excluding hydrogens is 316 g/mol. The Hall–Kier alpha value is -2.53. The van der Waals surface area contributed by atoms with Crippen LogP contribution in [0.15, 0.2) is 48.5 Å². The summed E-state index contributed by atoms with van der Waals surface area (Å²) < 4.78 is 11.1. The number of nitrogens with one attached hydrogen (secondary N) is 2. The largest absolute Gasteiger partial charge is 0.493 e. The molecule has 0 bridgehead atoms. The van der Waals surface area contributed by atoms with Gasteiger partial charge >= 0.3 is 0 Å². The van der Waals surface area contributed by atoms with Crippen molar-refractivity contribution in [1.29, 1.82) is 0 Å². The smallest absolute Gasteiger partial charge is 0.223 e. The fourth-order valence-corrected chi connectivity index (χ4v) is 2.73. The minimum absolute atomic E-state index is 0.0504. The number of amides is 1. The van der Waals surface area contributed by atoms with Gasteiger partial charge in [0, 0.05) is 12.5 Å². The van der Waals surface area contributed by atoms with Crippen LogP contribution in [0.5, 0.6) is 17.2 Å². The van der Waals surface area contributed by atoms with Gasteiger partial charge in [0.2, 0.25) is 5.91 Å². The fourth-order valence-electron chi connectivity index (χ4n) is 2.73. The summed E-state index contributed by atoms with van der Waals surface area (Å²) in [6, 6.07) is 15.2. The molecule has 1 unspecified atom stereocenters. The van der Waals surface area contributed by atoms with Gasteiger partial charge in [-0.1, -0.05) is 31.2 Å². The van der Waals surface area contributed by atoms with E-state index in [0.717, 1.165) is 24.4 Å². The lowest BCUT2D eigenvalue weighted by Crippen LogP contribution is -2.49. The first-order valence-electron chi connectivity index (χ1n) is 8.55. The van der Waals surface area contributed by atoms with E-state index < -0.39 is 0 Å². The molecule has 1 saturated heterocycles. The van der Waals surface area contributed by atoms with Gasteiger partial charge in [-0.15, -0.1) is 0 Å². The summed E-state index contributed by atoms with van der Waals surface area (Å²) in [4.78, 5) is 12.2. The van der Waals surface area contributed by atoms with E-state index in [9.17, 15) is 4.79 Å². The summed E-state index contributed by atoms with van der Waals surface area (Å²) in [7, 11) is 1.62. The van der Waals surface area contributed by atoms with Gasteiger partial charge in [0.25, 0.3) is 0 Å². The molecule has 2 N–H and O–H groups in total. The first-order chi connectivity index (χ1) is 12.2. The lowest BCUT2D eigenvalue weighted by Gasteiger charge is -2.31. The number of carbonyl (C=O) groups is 1. The molecule has 3 rings (SSSR count). The first-order valence-corrected chi connectivity index (χ1v) is 8.55. The quantitative estimate of drug-likeness (QED) is 0.814. The van der Waals surface area contributed by atoms with Gasteiger partial charge < -0.3 is 20.1 Å². The molecule has 0 radical (unpaired) electrons. The molecule has 0 spiro atoms. The van der Waals surface area contributed by atoms with Gasteiger partial charge in [0.15, 0.2) is 11.5 Å². The zero-order valence-corrected chi connectivity index (χ0v) is 14.6. The number of para-hydroxylation sites is 2. The molecule has 25 heavy (non-hydrogen) atoms. The average molecular weight is 340 g/mol. The number of hydrogen-bond donors (Lipinski definition) is 2. The van der Waals surface area contributed by atoms with Crippen LogP contribution < -0.4 is 20.1 Å². The van der Waals surface area contributed by atoms with Crippen LogP contribution in [0.4, 0.5) is 0 Å². The topological polar surface area (TPSA) is 59.6 Å². The normalized spacial score (nSPS) is 15.1. The molecule has 2 aromatic carbocycles. The van der Waals surface area contributed by atoms with Crippen molar-refractivity contribution in [3.05, 3.63) is 54.1 Å². The molecule has 1 amide bonds. The lowest BCUT2D eigenvalue weighted by atomic mass is 9.88. The van der Waals surface area contributed by atoms with Crippen LogP contribution in [0.1, 0.15) is 12.5 Å². The van der Waals surface area contributed by atoms with E-state index in [1.807, 2.05) is 55.5 Å². The van der Waals surface area contributed by atoms with Crippen molar-refractivity contribution < 1.29 is 14.3 Å². The molecule has 1 aliphatic rings. The molecule has 0 aliphatic carbocycles. The van der Waals surface area contributed by atoms with E-state index in [2.05, 4.69) is 10.6 Å². The number of rotatable bonds is 7. The maximum atomic E-state index is 12.2. The van der Waals surface area contributed by atoms with E-state index in [-0.39, 0.29) is 11.8 Å². The summed E-state index contributed by atoms with van der Waals surface area (Å²) in [5.41, 5.74) is 1.04. The Morgan fingerprint density at radius 3 is 2.44 bits per heavy atom. The minimum Gasteiger partial charge on any atom is -0.493 e. The van der Waals surface area contributed by atoms with Crippen molar-refractivity contribution >= 4 is 5.91 Å². The Balaban J connectivity index is 1.54. The molecule has 5 heteroatoms. The Kier molecular flexibility index (Phi) is 5.56. The lowest BCUT2D eigenvalue weighted by molar-refractivity contribution is -0.126. The predicted molar refractivity (Wildman–Crippen MR) is 96.9 cm³/mol. The zero-order chi connectivity index (χ0) is 17.6. The van der Waals surface area contributed by atoms with Gasteiger partial charge in [-0.2, -0.15) is 0 Å². The standard InChI is InChI=1S/C20H24N2O3/c1-14(16-12-21-13-16)20(23)22-11-15-7-9-17(10-8-15)25-19-6-4-3-5-18(19)24-2/h3-10,14,16,21H,11-13H2,1-2H3,(H,22,23). The van der Waals surface area contributed by atoms with Crippen LogP contribution in [0.25, 0.3) is 0 Å². The summed E-state index contributed by atoms with van der Waals surface area (Å²) in [5.74, 6) is 2.72. The van der Waals surface area contributed by atoms with Crippen LogP contribution >= 0.6 is 0 Å². The SMILES string of the molecule is COc1ccccc1Oc1ccc(CNC(=O)C(C)C2CNC2)cc1. The molecule has 1 heterocycles. The van der Waals surface area contributed by atoms with Crippen LogP contribution in [0.3, 0.4) is 0 Å². The highest BCUT2D eigenvalue weighted by molar-refractivity contribution is 5.78. The van der Waals surface area contributed by atoms with Crippen molar-refractivity contribution in [3.8, 4) is 17.2 Å². The van der Waals surface area contributed by atoms with E-state index in [4.69, 9.17) is 9.47 Å². The Labute approximate surface area is 148 Å². The molecule has 1 fully saturated rings. The van der Waals surface area contributed by atoms with Crippen molar-refractivity contribution in [3.63, 3.8) is 0 Å². The number of benzene rings is 2. The molecule has 0 saturated carbocycles. The van der Waals surface area contributed by atoms with Gasteiger partial charge in [0.05, 0.1) is 7.11 Å². The van der Waals surface area contributed by atoms with Gasteiger partial charge in [0.1, 0.15) is 5.75 Å². The van der Waals surface area contributed by atoms with Crippen molar-refractivity contribution in [2.45, 2.75) is 13.5 Å². The summed E-state index contributed by atoms with van der Waals surface area (Å²) in [5, 5.41) is 6.21. The number of ether oxygens (including phenoxy) is 2. The molecule has 1 aliphatic heterocycles. The second kappa shape index (κ2) is 8.03. The molecule has 132 valence electrons. The Bertz CT molecular complexity index is 711. The maximum absolute atomic E-state index is 12.2. The number of carbonyl (C=O) groups excluding carboxylic acids is 1. The van der Waals surface area contributed by atoms with E-state index in [1.54, 1.807) is 7.11 Å². The third-order valence-electron chi connectivity index (χ3n) is 4.62. The molecule has 1 atom stereocenters. The predicted octanol–water partition coefficient (Wildman–Crippen LogP) is 2.96. The molecule has 0 aromatic heterocycles. The van der Waals surface area contributed by atoms with Crippen molar-refractivity contribution in [1.82, 2.24) is 10.6 Å². The Morgan fingerprint density at radius 1 is 1.16 bits per heavy atom. The van der Waals surface area contributed by atoms with Crippen LogP contribution in [0.2, 0.25) is 0 Å². The minimum atomic E-state index is 0.0504. The van der Waals surface area contributed by atoms with Crippen LogP contribution in [0, 0.1) is 11.8 Å². The molecule has 5 nitrogen and oxygen atoms in total. The van der Waals surface area contributed by atoms with Crippen molar-refractivity contribution in [2.24, 2.45) is 11.8 Å². The van der Waals surface area contributed by atoms with E-state index in [1.165, 1.54) is 0 Å². The highest BCUT2D eigenvalue weighted by atomic mass is 16.5. The third-order valence-corrected chi connectivity index (χ3v) is 4.62. The second-order valence-corrected chi connectivity index (χ2v) is 6.32. The molecular formula is C20H24N2O3.